The summed E-state index contributed by atoms with van der Waals surface area (Å²) in [5.74, 6) is 0.0263. The van der Waals surface area contributed by atoms with Gasteiger partial charge in [0.1, 0.15) is 0 Å². The van der Waals surface area contributed by atoms with Gasteiger partial charge in [0.15, 0.2) is 5.82 Å². The molecule has 1 heterocycles. The van der Waals surface area contributed by atoms with Gasteiger partial charge in [-0.2, -0.15) is 0 Å². The zero-order valence-electron chi connectivity index (χ0n) is 10.4. The highest BCUT2D eigenvalue weighted by molar-refractivity contribution is 5.48. The number of nitrogens with zero attached hydrogens (tertiary/aromatic N) is 2. The smallest absolute Gasteiger partial charge is 0.223 e. The number of nitrogens with one attached hydrogen (secondary N) is 1. The second-order valence-electron chi connectivity index (χ2n) is 4.77. The van der Waals surface area contributed by atoms with Crippen molar-refractivity contribution in [2.24, 2.45) is 0 Å². The summed E-state index contributed by atoms with van der Waals surface area (Å²) in [5.41, 5.74) is 9.10. The van der Waals surface area contributed by atoms with Crippen LogP contribution >= 0.6 is 0 Å². The fourth-order valence-corrected chi connectivity index (χ4v) is 2.53. The number of aromatic nitrogens is 2. The number of rotatable bonds is 2. The maximum absolute atomic E-state index is 12.8. The summed E-state index contributed by atoms with van der Waals surface area (Å²) in [5, 5.41) is 3.25. The minimum atomic E-state index is -0.428. The average molecular weight is 258 g/mol. The predicted molar refractivity (Wildman–Crippen MR) is 72.1 cm³/mol. The number of anilines is 2. The molecule has 3 N–H and O–H groups in total. The van der Waals surface area contributed by atoms with E-state index in [4.69, 9.17) is 5.73 Å². The summed E-state index contributed by atoms with van der Waals surface area (Å²) >= 11 is 0. The third kappa shape index (κ3) is 2.50. The van der Waals surface area contributed by atoms with Gasteiger partial charge in [-0.3, -0.25) is 0 Å². The molecule has 4 nitrogen and oxygen atoms in total. The van der Waals surface area contributed by atoms with E-state index >= 15 is 0 Å². The Morgan fingerprint density at radius 2 is 2.05 bits per heavy atom. The molecule has 0 aliphatic heterocycles. The molecule has 0 bridgehead atoms. The molecule has 98 valence electrons. The molecule has 1 atom stereocenters. The van der Waals surface area contributed by atoms with E-state index < -0.39 is 5.82 Å². The van der Waals surface area contributed by atoms with Crippen LogP contribution in [0.4, 0.5) is 16.0 Å². The Labute approximate surface area is 110 Å². The summed E-state index contributed by atoms with van der Waals surface area (Å²) in [6.07, 6.45) is 5.49. The Morgan fingerprint density at radius 3 is 2.84 bits per heavy atom. The number of benzene rings is 1. The van der Waals surface area contributed by atoms with Crippen LogP contribution in [0.15, 0.2) is 30.6 Å². The highest BCUT2D eigenvalue weighted by Gasteiger charge is 2.20. The summed E-state index contributed by atoms with van der Waals surface area (Å²) in [6.45, 7) is 0. The van der Waals surface area contributed by atoms with Gasteiger partial charge in [-0.15, -0.1) is 0 Å². The first-order chi connectivity index (χ1) is 9.22. The zero-order valence-corrected chi connectivity index (χ0v) is 10.4. The number of hydrogen-bond acceptors (Lipinski definition) is 4. The molecule has 5 heteroatoms. The minimum Gasteiger partial charge on any atom is -0.399 e. The van der Waals surface area contributed by atoms with E-state index in [9.17, 15) is 4.39 Å². The van der Waals surface area contributed by atoms with E-state index in [1.807, 2.05) is 18.2 Å². The van der Waals surface area contributed by atoms with Crippen molar-refractivity contribution in [1.29, 1.82) is 0 Å². The maximum atomic E-state index is 12.8. The Morgan fingerprint density at radius 1 is 1.26 bits per heavy atom. The molecule has 2 aromatic rings. The number of nitrogen functional groups attached to an aromatic ring is 1. The number of aryl methyl sites for hydroxylation is 1. The molecule has 0 saturated carbocycles. The van der Waals surface area contributed by atoms with Gasteiger partial charge in [-0.25, -0.2) is 14.4 Å². The zero-order chi connectivity index (χ0) is 13.2. The van der Waals surface area contributed by atoms with Crippen molar-refractivity contribution in [3.05, 3.63) is 47.5 Å². The first-order valence-corrected chi connectivity index (χ1v) is 6.35. The van der Waals surface area contributed by atoms with Crippen LogP contribution < -0.4 is 11.1 Å². The second-order valence-corrected chi connectivity index (χ2v) is 4.77. The molecule has 1 aromatic heterocycles. The number of nitrogens with two attached hydrogens (primary N) is 1. The molecule has 0 fully saturated rings. The van der Waals surface area contributed by atoms with Crippen molar-refractivity contribution in [2.45, 2.75) is 25.3 Å². The summed E-state index contributed by atoms with van der Waals surface area (Å²) in [4.78, 5) is 7.88. The van der Waals surface area contributed by atoms with Crippen molar-refractivity contribution in [3.63, 3.8) is 0 Å². The van der Waals surface area contributed by atoms with Crippen LogP contribution in [0.5, 0.6) is 0 Å². The summed E-state index contributed by atoms with van der Waals surface area (Å²) < 4.78 is 12.8. The molecule has 0 saturated heterocycles. The first kappa shape index (κ1) is 11.9. The Balaban J connectivity index is 1.85. The first-order valence-electron chi connectivity index (χ1n) is 6.35. The SMILES string of the molecule is Nc1ccc2c(c1)CCCC2Nc1ncc(F)cn1. The van der Waals surface area contributed by atoms with Gasteiger partial charge in [0.2, 0.25) is 5.95 Å². The second kappa shape index (κ2) is 4.84. The van der Waals surface area contributed by atoms with Crippen LogP contribution in [-0.4, -0.2) is 9.97 Å². The Bertz CT molecular complexity index is 582. The van der Waals surface area contributed by atoms with E-state index in [0.717, 1.165) is 24.9 Å². The lowest BCUT2D eigenvalue weighted by atomic mass is 9.87. The van der Waals surface area contributed by atoms with E-state index in [1.54, 1.807) is 0 Å². The third-order valence-electron chi connectivity index (χ3n) is 3.41. The van der Waals surface area contributed by atoms with Gasteiger partial charge in [0.25, 0.3) is 0 Å². The molecule has 1 aromatic carbocycles. The van der Waals surface area contributed by atoms with E-state index in [0.29, 0.717) is 5.95 Å². The molecule has 1 aliphatic carbocycles. The molecule has 0 spiro atoms. The fraction of sp³-hybridized carbons (Fsp3) is 0.286. The highest BCUT2D eigenvalue weighted by atomic mass is 19.1. The lowest BCUT2D eigenvalue weighted by molar-refractivity contribution is 0.590. The van der Waals surface area contributed by atoms with Crippen LogP contribution in [0, 0.1) is 5.82 Å². The van der Waals surface area contributed by atoms with Crippen molar-refractivity contribution in [1.82, 2.24) is 9.97 Å². The van der Waals surface area contributed by atoms with Crippen LogP contribution in [0.2, 0.25) is 0 Å². The van der Waals surface area contributed by atoms with Crippen molar-refractivity contribution in [2.75, 3.05) is 11.1 Å². The summed E-state index contributed by atoms with van der Waals surface area (Å²) in [7, 11) is 0. The molecule has 1 aliphatic rings. The number of fused-ring (bicyclic) bond motifs is 1. The van der Waals surface area contributed by atoms with Gasteiger partial charge in [-0.05, 0) is 42.5 Å². The molecule has 1 unspecified atom stereocenters. The lowest BCUT2D eigenvalue weighted by Crippen LogP contribution is -2.18. The number of hydrogen-bond donors (Lipinski definition) is 2. The summed E-state index contributed by atoms with van der Waals surface area (Å²) in [6, 6.07) is 6.14. The highest BCUT2D eigenvalue weighted by Crippen LogP contribution is 2.32. The van der Waals surface area contributed by atoms with Crippen molar-refractivity contribution in [3.8, 4) is 0 Å². The molecule has 0 amide bonds. The van der Waals surface area contributed by atoms with Crippen LogP contribution in [-0.2, 0) is 6.42 Å². The monoisotopic (exact) mass is 258 g/mol. The topological polar surface area (TPSA) is 63.8 Å². The Hall–Kier alpha value is -2.17. The van der Waals surface area contributed by atoms with E-state index in [2.05, 4.69) is 15.3 Å². The molecular formula is C14H15FN4. The molecule has 0 radical (unpaired) electrons. The average Bonchev–Trinajstić information content (AvgIpc) is 2.41. The standard InChI is InChI=1S/C14H15FN4/c15-10-7-17-14(18-8-10)19-13-3-1-2-9-6-11(16)4-5-12(9)13/h4-8,13H,1-3,16H2,(H,17,18,19). The normalized spacial score (nSPS) is 17.8. The van der Waals surface area contributed by atoms with E-state index in [-0.39, 0.29) is 6.04 Å². The van der Waals surface area contributed by atoms with Gasteiger partial charge in [0.05, 0.1) is 18.4 Å². The maximum Gasteiger partial charge on any atom is 0.223 e. The Kier molecular flexibility index (Phi) is 3.03. The molecular weight excluding hydrogens is 243 g/mol. The van der Waals surface area contributed by atoms with Crippen LogP contribution in [0.1, 0.15) is 30.0 Å². The third-order valence-corrected chi connectivity index (χ3v) is 3.41. The predicted octanol–water partition coefficient (Wildman–Crippen LogP) is 2.69. The molecule has 3 rings (SSSR count). The van der Waals surface area contributed by atoms with Crippen LogP contribution in [0.3, 0.4) is 0 Å². The van der Waals surface area contributed by atoms with E-state index in [1.165, 1.54) is 23.5 Å². The minimum absolute atomic E-state index is 0.162. The largest absolute Gasteiger partial charge is 0.399 e. The molecule has 19 heavy (non-hydrogen) atoms. The van der Waals surface area contributed by atoms with Gasteiger partial charge in [0, 0.05) is 5.69 Å². The number of halogens is 1. The lowest BCUT2D eigenvalue weighted by Gasteiger charge is -2.26. The van der Waals surface area contributed by atoms with Gasteiger partial charge < -0.3 is 11.1 Å². The fourth-order valence-electron chi connectivity index (χ4n) is 2.53. The quantitative estimate of drug-likeness (QED) is 0.813. The van der Waals surface area contributed by atoms with Gasteiger partial charge in [-0.1, -0.05) is 6.07 Å². The van der Waals surface area contributed by atoms with Crippen LogP contribution in [0.25, 0.3) is 0 Å². The van der Waals surface area contributed by atoms with Gasteiger partial charge >= 0.3 is 0 Å². The van der Waals surface area contributed by atoms with Crippen molar-refractivity contribution >= 4 is 11.6 Å². The van der Waals surface area contributed by atoms with Crippen molar-refractivity contribution < 1.29 is 4.39 Å².